The number of hydrogen-bond donors (Lipinski definition) is 2. The molecule has 0 aromatic heterocycles. The number of fused-ring (bicyclic) bond motifs is 1. The van der Waals surface area contributed by atoms with E-state index in [1.807, 2.05) is 37.3 Å². The molecule has 0 aliphatic rings. The van der Waals surface area contributed by atoms with Crippen molar-refractivity contribution in [3.63, 3.8) is 0 Å². The van der Waals surface area contributed by atoms with Crippen molar-refractivity contribution in [1.82, 2.24) is 0 Å². The first kappa shape index (κ1) is 24.1. The Bertz CT molecular complexity index is 1430. The third-order valence-electron chi connectivity index (χ3n) is 5.45. The van der Waals surface area contributed by atoms with E-state index in [0.717, 1.165) is 10.8 Å². The van der Waals surface area contributed by atoms with Crippen LogP contribution >= 0.6 is 0 Å². The maximum atomic E-state index is 13.0. The number of methoxy groups -OCH3 is 1. The van der Waals surface area contributed by atoms with Crippen LogP contribution in [0.25, 0.3) is 10.8 Å². The van der Waals surface area contributed by atoms with Gasteiger partial charge in [0.15, 0.2) is 6.10 Å². The van der Waals surface area contributed by atoms with Crippen molar-refractivity contribution in [3.8, 4) is 11.5 Å². The fourth-order valence-electron chi connectivity index (χ4n) is 3.62. The lowest BCUT2D eigenvalue weighted by Gasteiger charge is -2.18. The van der Waals surface area contributed by atoms with E-state index in [0.29, 0.717) is 29.3 Å². The Kier molecular flexibility index (Phi) is 7.22. The van der Waals surface area contributed by atoms with Gasteiger partial charge in [-0.15, -0.1) is 0 Å². The van der Waals surface area contributed by atoms with Crippen molar-refractivity contribution in [2.24, 2.45) is 0 Å². The van der Waals surface area contributed by atoms with E-state index in [-0.39, 0.29) is 10.8 Å². The average Bonchev–Trinajstić information content (AvgIpc) is 2.87. The first-order valence-corrected chi connectivity index (χ1v) is 12.6. The summed E-state index contributed by atoms with van der Waals surface area (Å²) in [6, 6.07) is 26.0. The summed E-state index contributed by atoms with van der Waals surface area (Å²) in [5.74, 6) is 0.818. The lowest BCUT2D eigenvalue weighted by Crippen LogP contribution is -2.32. The molecule has 0 bridgehead atoms. The Morgan fingerprint density at radius 1 is 0.886 bits per heavy atom. The van der Waals surface area contributed by atoms with E-state index in [4.69, 9.17) is 9.47 Å². The fourth-order valence-corrected chi connectivity index (χ4v) is 4.70. The molecule has 0 fully saturated rings. The molecule has 0 saturated carbocycles. The zero-order valence-electron chi connectivity index (χ0n) is 19.4. The normalized spacial score (nSPS) is 12.1. The fraction of sp³-hybridized carbons (Fsp3) is 0.148. The van der Waals surface area contributed by atoms with E-state index in [1.54, 1.807) is 55.6 Å². The molecule has 0 unspecified atom stereocenters. The number of carbonyl (C=O) groups is 1. The second-order valence-electron chi connectivity index (χ2n) is 7.84. The number of benzene rings is 4. The van der Waals surface area contributed by atoms with E-state index in [2.05, 4.69) is 10.0 Å². The standard InChI is InChI=1S/C27H26N2O5S/c1-3-26(34-22-11-7-10-21(18-22)33-2)27(30)28-20-14-16-23(17-15-20)35(31,32)29-25-13-6-9-19-8-4-5-12-24(19)25/h4-18,26,29H,3H2,1-2H3,(H,28,30)/t26-/m1/s1. The Morgan fingerprint density at radius 2 is 1.57 bits per heavy atom. The SMILES string of the molecule is CC[C@@H](Oc1cccc(OC)c1)C(=O)Nc1ccc(S(=O)(=O)Nc2cccc3ccccc23)cc1. The monoisotopic (exact) mass is 490 g/mol. The first-order chi connectivity index (χ1) is 16.9. The van der Waals surface area contributed by atoms with Gasteiger partial charge in [-0.3, -0.25) is 9.52 Å². The van der Waals surface area contributed by atoms with Crippen LogP contribution in [0.5, 0.6) is 11.5 Å². The number of rotatable bonds is 9. The number of anilines is 2. The Labute approximate surface area is 204 Å². The molecule has 4 aromatic rings. The summed E-state index contributed by atoms with van der Waals surface area (Å²) in [5.41, 5.74) is 0.966. The third-order valence-corrected chi connectivity index (χ3v) is 6.83. The zero-order chi connectivity index (χ0) is 24.8. The number of amides is 1. The zero-order valence-corrected chi connectivity index (χ0v) is 20.2. The van der Waals surface area contributed by atoms with Crippen LogP contribution in [0.1, 0.15) is 13.3 Å². The minimum absolute atomic E-state index is 0.0862. The van der Waals surface area contributed by atoms with Crippen molar-refractivity contribution < 1.29 is 22.7 Å². The van der Waals surface area contributed by atoms with Crippen LogP contribution in [0.4, 0.5) is 11.4 Å². The quantitative estimate of drug-likeness (QED) is 0.326. The molecule has 0 aliphatic carbocycles. The van der Waals surface area contributed by atoms with Crippen LogP contribution in [0.15, 0.2) is 95.9 Å². The van der Waals surface area contributed by atoms with Gasteiger partial charge >= 0.3 is 0 Å². The molecule has 35 heavy (non-hydrogen) atoms. The largest absolute Gasteiger partial charge is 0.497 e. The van der Waals surface area contributed by atoms with Crippen molar-refractivity contribution in [1.29, 1.82) is 0 Å². The van der Waals surface area contributed by atoms with Gasteiger partial charge in [0.25, 0.3) is 15.9 Å². The van der Waals surface area contributed by atoms with Gasteiger partial charge in [0, 0.05) is 17.1 Å². The summed E-state index contributed by atoms with van der Waals surface area (Å²) in [7, 11) is -2.26. The smallest absolute Gasteiger partial charge is 0.265 e. The van der Waals surface area contributed by atoms with Gasteiger partial charge in [-0.2, -0.15) is 0 Å². The van der Waals surface area contributed by atoms with Gasteiger partial charge < -0.3 is 14.8 Å². The van der Waals surface area contributed by atoms with Crippen LogP contribution in [-0.2, 0) is 14.8 Å². The van der Waals surface area contributed by atoms with E-state index >= 15 is 0 Å². The summed E-state index contributed by atoms with van der Waals surface area (Å²) < 4.78 is 39.6. The maximum absolute atomic E-state index is 13.0. The minimum Gasteiger partial charge on any atom is -0.497 e. The molecule has 2 N–H and O–H groups in total. The first-order valence-electron chi connectivity index (χ1n) is 11.1. The number of ether oxygens (including phenoxy) is 2. The predicted octanol–water partition coefficient (Wildman–Crippen LogP) is 5.45. The summed E-state index contributed by atoms with van der Waals surface area (Å²) in [4.78, 5) is 12.8. The van der Waals surface area contributed by atoms with Crippen molar-refractivity contribution >= 4 is 38.1 Å². The molecule has 0 aliphatic heterocycles. The summed E-state index contributed by atoms with van der Waals surface area (Å²) >= 11 is 0. The lowest BCUT2D eigenvalue weighted by molar-refractivity contribution is -0.122. The molecule has 0 saturated heterocycles. The second-order valence-corrected chi connectivity index (χ2v) is 9.52. The van der Waals surface area contributed by atoms with Gasteiger partial charge in [-0.05, 0) is 54.3 Å². The highest BCUT2D eigenvalue weighted by Crippen LogP contribution is 2.26. The van der Waals surface area contributed by atoms with Crippen LogP contribution in [0, 0.1) is 0 Å². The highest BCUT2D eigenvalue weighted by molar-refractivity contribution is 7.92. The van der Waals surface area contributed by atoms with E-state index in [1.165, 1.54) is 12.1 Å². The van der Waals surface area contributed by atoms with Crippen molar-refractivity contribution in [2.45, 2.75) is 24.3 Å². The highest BCUT2D eigenvalue weighted by Gasteiger charge is 2.20. The summed E-state index contributed by atoms with van der Waals surface area (Å²) in [5, 5.41) is 4.53. The average molecular weight is 491 g/mol. The van der Waals surface area contributed by atoms with Crippen LogP contribution in [0.2, 0.25) is 0 Å². The summed E-state index contributed by atoms with van der Waals surface area (Å²) in [6.07, 6.45) is -0.275. The predicted molar refractivity (Wildman–Crippen MR) is 138 cm³/mol. The Morgan fingerprint density at radius 3 is 2.31 bits per heavy atom. The molecular weight excluding hydrogens is 464 g/mol. The van der Waals surface area contributed by atoms with Gasteiger partial charge in [0.05, 0.1) is 17.7 Å². The van der Waals surface area contributed by atoms with E-state index < -0.39 is 16.1 Å². The molecule has 0 heterocycles. The maximum Gasteiger partial charge on any atom is 0.265 e. The highest BCUT2D eigenvalue weighted by atomic mass is 32.2. The molecule has 4 rings (SSSR count). The molecule has 8 heteroatoms. The van der Waals surface area contributed by atoms with Gasteiger partial charge in [0.2, 0.25) is 0 Å². The van der Waals surface area contributed by atoms with Gasteiger partial charge in [-0.1, -0.05) is 49.4 Å². The van der Waals surface area contributed by atoms with Crippen LogP contribution in [0.3, 0.4) is 0 Å². The molecule has 1 amide bonds. The van der Waals surface area contributed by atoms with Gasteiger partial charge in [-0.25, -0.2) is 8.42 Å². The van der Waals surface area contributed by atoms with Crippen molar-refractivity contribution in [3.05, 3.63) is 91.0 Å². The number of nitrogens with one attached hydrogen (secondary N) is 2. The van der Waals surface area contributed by atoms with Crippen LogP contribution < -0.4 is 19.5 Å². The second kappa shape index (κ2) is 10.5. The number of hydrogen-bond acceptors (Lipinski definition) is 5. The Hall–Kier alpha value is -4.04. The van der Waals surface area contributed by atoms with Gasteiger partial charge in [0.1, 0.15) is 11.5 Å². The molecule has 1 atom stereocenters. The third kappa shape index (κ3) is 5.73. The van der Waals surface area contributed by atoms with Crippen molar-refractivity contribution in [2.75, 3.05) is 17.1 Å². The molecule has 7 nitrogen and oxygen atoms in total. The molecule has 0 spiro atoms. The summed E-state index contributed by atoms with van der Waals surface area (Å²) in [6.45, 7) is 1.85. The molecule has 180 valence electrons. The number of carbonyl (C=O) groups excluding carboxylic acids is 1. The molecule has 4 aromatic carbocycles. The molecular formula is C27H26N2O5S. The number of sulfonamides is 1. The van der Waals surface area contributed by atoms with E-state index in [9.17, 15) is 13.2 Å². The Balaban J connectivity index is 1.45. The topological polar surface area (TPSA) is 93.7 Å². The molecule has 0 radical (unpaired) electrons. The lowest BCUT2D eigenvalue weighted by atomic mass is 10.1. The minimum atomic E-state index is -3.82. The van der Waals surface area contributed by atoms with Crippen LogP contribution in [-0.4, -0.2) is 27.5 Å².